The Bertz CT molecular complexity index is 824. The molecule has 3 rings (SSSR count). The van der Waals surface area contributed by atoms with Gasteiger partial charge in [0, 0.05) is 11.5 Å². The quantitative estimate of drug-likeness (QED) is 0.645. The third kappa shape index (κ3) is 1.95. The number of rotatable bonds is 1. The maximum Gasteiger partial charge on any atom is 0.322 e. The molecular weight excluding hydrogens is 242 g/mol. The van der Waals surface area contributed by atoms with Gasteiger partial charge in [0.25, 0.3) is 5.69 Å². The number of fused-ring (bicyclic) bond motifs is 1. The zero-order chi connectivity index (χ0) is 13.4. The Balaban J connectivity index is 2.28. The Labute approximate surface area is 108 Å². The molecule has 0 spiro atoms. The Morgan fingerprint density at radius 2 is 1.95 bits per heavy atom. The molecule has 1 N–H and O–H groups in total. The van der Waals surface area contributed by atoms with Gasteiger partial charge >= 0.3 is 5.56 Å². The number of aromatic amines is 1. The minimum absolute atomic E-state index is 0.0105. The molecule has 0 aliphatic heterocycles. The number of H-pyrrole nitrogens is 1. The number of hydrogen-bond donors (Lipinski definition) is 1. The first kappa shape index (κ1) is 11.4. The molecule has 0 aliphatic carbocycles. The predicted octanol–water partition coefficient (Wildman–Crippen LogP) is 0.582. The summed E-state index contributed by atoms with van der Waals surface area (Å²) in [5, 5.41) is 13.8. The van der Waals surface area contributed by atoms with Gasteiger partial charge in [-0.1, -0.05) is 18.2 Å². The van der Waals surface area contributed by atoms with Crippen LogP contribution >= 0.6 is 0 Å². The number of nitrogens with one attached hydrogen (secondary N) is 1. The van der Waals surface area contributed by atoms with Crippen LogP contribution in [-0.2, 0) is 0 Å². The highest BCUT2D eigenvalue weighted by Gasteiger charge is 2.14. The van der Waals surface area contributed by atoms with Gasteiger partial charge in [-0.15, -0.1) is 0 Å². The van der Waals surface area contributed by atoms with Crippen LogP contribution in [0.4, 0.5) is 0 Å². The topological polar surface area (TPSA) is 72.7 Å². The van der Waals surface area contributed by atoms with Crippen LogP contribution in [0.1, 0.15) is 5.82 Å². The van der Waals surface area contributed by atoms with Crippen molar-refractivity contribution in [2.24, 2.45) is 0 Å². The van der Waals surface area contributed by atoms with E-state index in [1.165, 1.54) is 4.57 Å². The van der Waals surface area contributed by atoms with Crippen molar-refractivity contribution < 1.29 is 9.67 Å². The number of aromatic nitrogens is 3. The summed E-state index contributed by atoms with van der Waals surface area (Å²) in [4.78, 5) is 18.2. The number of benzene rings is 1. The molecule has 0 bridgehead atoms. The first-order valence-corrected chi connectivity index (χ1v) is 5.83. The minimum Gasteiger partial charge on any atom is -0.854 e. The Kier molecular flexibility index (Phi) is 2.52. The summed E-state index contributed by atoms with van der Waals surface area (Å²) in [6, 6.07) is 9.59. The maximum atomic E-state index is 11.9. The molecule has 0 unspecified atom stereocenters. The Hall–Kier alpha value is -2.69. The predicted molar refractivity (Wildman–Crippen MR) is 68.1 cm³/mol. The summed E-state index contributed by atoms with van der Waals surface area (Å²) in [6.07, 6.45) is 3.43. The van der Waals surface area contributed by atoms with Crippen LogP contribution in [0.2, 0.25) is 0 Å². The van der Waals surface area contributed by atoms with E-state index < -0.39 is 11.4 Å². The highest BCUT2D eigenvalue weighted by Crippen LogP contribution is 2.11. The second-order valence-electron chi connectivity index (χ2n) is 4.29. The molecule has 0 fully saturated rings. The van der Waals surface area contributed by atoms with Crippen molar-refractivity contribution in [3.05, 3.63) is 58.9 Å². The van der Waals surface area contributed by atoms with E-state index in [1.54, 1.807) is 19.3 Å². The van der Waals surface area contributed by atoms with Crippen molar-refractivity contribution >= 4 is 10.8 Å². The summed E-state index contributed by atoms with van der Waals surface area (Å²) in [5.74, 6) is -0.207. The van der Waals surface area contributed by atoms with Gasteiger partial charge in [-0.3, -0.25) is 4.79 Å². The molecule has 0 saturated heterocycles. The SMILES string of the molecule is Cc1nc([O-])c(-[n+]2ccc3ccccc3c2)c(=O)[nH]1. The lowest BCUT2D eigenvalue weighted by Gasteiger charge is -2.07. The average Bonchev–Trinajstić information content (AvgIpc) is 2.37. The van der Waals surface area contributed by atoms with Crippen molar-refractivity contribution in [3.8, 4) is 11.6 Å². The molecule has 2 aromatic heterocycles. The van der Waals surface area contributed by atoms with Gasteiger partial charge in [0.05, 0.1) is 5.88 Å². The van der Waals surface area contributed by atoms with Gasteiger partial charge in [0.2, 0.25) is 0 Å². The summed E-state index contributed by atoms with van der Waals surface area (Å²) < 4.78 is 1.51. The number of nitrogens with zero attached hydrogens (tertiary/aromatic N) is 2. The standard InChI is InChI=1S/C14H11N3O2/c1-9-15-13(18)12(14(19)16-9)17-7-6-10-4-2-3-5-11(10)8-17/h2-8H,1H3,(H-,15,16,18,19). The first-order valence-electron chi connectivity index (χ1n) is 5.83. The average molecular weight is 253 g/mol. The van der Waals surface area contributed by atoms with Crippen molar-refractivity contribution in [1.82, 2.24) is 9.97 Å². The van der Waals surface area contributed by atoms with E-state index >= 15 is 0 Å². The highest BCUT2D eigenvalue weighted by molar-refractivity contribution is 5.80. The third-order valence-corrected chi connectivity index (χ3v) is 2.93. The van der Waals surface area contributed by atoms with Crippen LogP contribution < -0.4 is 15.2 Å². The van der Waals surface area contributed by atoms with E-state index in [0.717, 1.165) is 10.8 Å². The molecule has 19 heavy (non-hydrogen) atoms. The molecule has 2 heterocycles. The van der Waals surface area contributed by atoms with E-state index in [1.807, 2.05) is 30.3 Å². The molecule has 94 valence electrons. The maximum absolute atomic E-state index is 11.9. The number of hydrogen-bond acceptors (Lipinski definition) is 3. The van der Waals surface area contributed by atoms with Crippen molar-refractivity contribution in [2.75, 3.05) is 0 Å². The summed E-state index contributed by atoms with van der Waals surface area (Å²) in [5.41, 5.74) is -0.422. The molecule has 3 aromatic rings. The molecule has 5 nitrogen and oxygen atoms in total. The van der Waals surface area contributed by atoms with Crippen molar-refractivity contribution in [1.29, 1.82) is 0 Å². The molecule has 1 aromatic carbocycles. The van der Waals surface area contributed by atoms with E-state index in [-0.39, 0.29) is 5.69 Å². The highest BCUT2D eigenvalue weighted by atomic mass is 16.3. The molecule has 0 amide bonds. The molecule has 0 saturated carbocycles. The van der Waals surface area contributed by atoms with Gasteiger partial charge in [-0.25, -0.2) is 4.98 Å². The van der Waals surface area contributed by atoms with Gasteiger partial charge in [0.15, 0.2) is 12.4 Å². The van der Waals surface area contributed by atoms with Gasteiger partial charge < -0.3 is 10.1 Å². The van der Waals surface area contributed by atoms with Crippen LogP contribution in [0.3, 0.4) is 0 Å². The van der Waals surface area contributed by atoms with Crippen molar-refractivity contribution in [3.63, 3.8) is 0 Å². The second kappa shape index (κ2) is 4.20. The summed E-state index contributed by atoms with van der Waals surface area (Å²) >= 11 is 0. The van der Waals surface area contributed by atoms with E-state index in [2.05, 4.69) is 9.97 Å². The monoisotopic (exact) mass is 253 g/mol. The molecule has 0 aliphatic rings. The van der Waals surface area contributed by atoms with Crippen LogP contribution in [-0.4, -0.2) is 9.97 Å². The van der Waals surface area contributed by atoms with Gasteiger partial charge in [-0.2, -0.15) is 4.57 Å². The third-order valence-electron chi connectivity index (χ3n) is 2.93. The smallest absolute Gasteiger partial charge is 0.322 e. The van der Waals surface area contributed by atoms with Crippen LogP contribution in [0.15, 0.2) is 47.5 Å². The van der Waals surface area contributed by atoms with Crippen LogP contribution in [0.25, 0.3) is 16.5 Å². The fourth-order valence-electron chi connectivity index (χ4n) is 2.05. The first-order chi connectivity index (χ1) is 9.15. The van der Waals surface area contributed by atoms with Gasteiger partial charge in [-0.05, 0) is 18.4 Å². The minimum atomic E-state index is -0.526. The summed E-state index contributed by atoms with van der Waals surface area (Å²) in [6.45, 7) is 1.58. The van der Waals surface area contributed by atoms with E-state index in [4.69, 9.17) is 0 Å². The fourth-order valence-corrected chi connectivity index (χ4v) is 2.05. The fraction of sp³-hybridized carbons (Fsp3) is 0.0714. The Morgan fingerprint density at radius 1 is 1.21 bits per heavy atom. The lowest BCUT2D eigenvalue weighted by molar-refractivity contribution is -0.600. The normalized spacial score (nSPS) is 10.8. The largest absolute Gasteiger partial charge is 0.854 e. The lowest BCUT2D eigenvalue weighted by atomic mass is 10.2. The zero-order valence-electron chi connectivity index (χ0n) is 10.3. The Morgan fingerprint density at radius 3 is 2.68 bits per heavy atom. The van der Waals surface area contributed by atoms with Crippen LogP contribution in [0.5, 0.6) is 5.88 Å². The van der Waals surface area contributed by atoms with E-state index in [9.17, 15) is 9.90 Å². The number of pyridine rings is 1. The van der Waals surface area contributed by atoms with Crippen molar-refractivity contribution in [2.45, 2.75) is 6.92 Å². The molecule has 0 radical (unpaired) electrons. The second-order valence-corrected chi connectivity index (χ2v) is 4.29. The van der Waals surface area contributed by atoms with Crippen LogP contribution in [0, 0.1) is 6.92 Å². The zero-order valence-corrected chi connectivity index (χ0v) is 10.3. The number of aryl methyl sites for hydroxylation is 1. The molecule has 0 atom stereocenters. The lowest BCUT2D eigenvalue weighted by Crippen LogP contribution is -2.38. The summed E-state index contributed by atoms with van der Waals surface area (Å²) in [7, 11) is 0. The molecule has 5 heteroatoms. The van der Waals surface area contributed by atoms with E-state index in [0.29, 0.717) is 5.82 Å². The molecular formula is C14H11N3O2. The van der Waals surface area contributed by atoms with Gasteiger partial charge in [0.1, 0.15) is 5.82 Å².